The van der Waals surface area contributed by atoms with Crippen LogP contribution in [0.25, 0.3) is 11.1 Å². The molecule has 0 amide bonds. The zero-order valence-corrected chi connectivity index (χ0v) is 8.49. The number of nitrogens with zero attached hydrogens (tertiary/aromatic N) is 1. The Morgan fingerprint density at radius 1 is 0.929 bits per heavy atom. The fourth-order valence-electron chi connectivity index (χ4n) is 1.43. The normalized spacial score (nSPS) is 10.1. The predicted molar refractivity (Wildman–Crippen MR) is 59.1 cm³/mol. The lowest BCUT2D eigenvalue weighted by Gasteiger charge is -2.03. The predicted octanol–water partition coefficient (Wildman–Crippen LogP) is 3.37. The summed E-state index contributed by atoms with van der Waals surface area (Å²) in [5, 5.41) is 0. The second-order valence-electron chi connectivity index (χ2n) is 3.49. The van der Waals surface area contributed by atoms with E-state index in [1.165, 1.54) is 16.7 Å². The minimum absolute atomic E-state index is 1.10. The Balaban J connectivity index is 2.48. The minimum Gasteiger partial charge on any atom is -0.261 e. The van der Waals surface area contributed by atoms with Crippen molar-refractivity contribution < 1.29 is 0 Å². The number of benzene rings is 1. The minimum atomic E-state index is 1.10. The van der Waals surface area contributed by atoms with Gasteiger partial charge in [0, 0.05) is 17.5 Å². The Morgan fingerprint density at radius 3 is 2.29 bits per heavy atom. The molecule has 1 heteroatoms. The summed E-state index contributed by atoms with van der Waals surface area (Å²) in [7, 11) is 0. The summed E-state index contributed by atoms with van der Waals surface area (Å²) >= 11 is 0. The van der Waals surface area contributed by atoms with Gasteiger partial charge in [-0.1, -0.05) is 30.3 Å². The van der Waals surface area contributed by atoms with Crippen LogP contribution in [0.2, 0.25) is 0 Å². The Morgan fingerprint density at radius 2 is 1.64 bits per heavy atom. The third kappa shape index (κ3) is 1.67. The molecule has 0 saturated heterocycles. The molecule has 0 aliphatic carbocycles. The lowest BCUT2D eigenvalue weighted by Crippen LogP contribution is -1.87. The molecule has 2 aromatic rings. The van der Waals surface area contributed by atoms with Gasteiger partial charge < -0.3 is 0 Å². The average molecular weight is 183 g/mol. The number of aryl methyl sites for hydroxylation is 2. The molecule has 70 valence electrons. The van der Waals surface area contributed by atoms with Gasteiger partial charge in [0.1, 0.15) is 0 Å². The number of rotatable bonds is 1. The van der Waals surface area contributed by atoms with E-state index in [1.54, 1.807) is 0 Å². The first-order chi connectivity index (χ1) is 6.77. The van der Waals surface area contributed by atoms with Crippen LogP contribution < -0.4 is 0 Å². The van der Waals surface area contributed by atoms with Gasteiger partial charge >= 0.3 is 0 Å². The smallest absolute Gasteiger partial charge is 0.0402 e. The fourth-order valence-corrected chi connectivity index (χ4v) is 1.43. The standard InChI is InChI=1S/C13H13N/c1-10-8-13(9-14-11(10)2)12-6-4-3-5-7-12/h3-9H,1-2H3. The molecule has 0 aliphatic heterocycles. The molecule has 1 nitrogen and oxygen atoms in total. The van der Waals surface area contributed by atoms with Gasteiger partial charge in [-0.15, -0.1) is 0 Å². The van der Waals surface area contributed by atoms with Crippen molar-refractivity contribution in [2.24, 2.45) is 0 Å². The zero-order chi connectivity index (χ0) is 9.97. The molecule has 1 heterocycles. The van der Waals surface area contributed by atoms with E-state index in [0.29, 0.717) is 0 Å². The highest BCUT2D eigenvalue weighted by Gasteiger charge is 1.99. The van der Waals surface area contributed by atoms with E-state index in [4.69, 9.17) is 0 Å². The zero-order valence-electron chi connectivity index (χ0n) is 8.49. The van der Waals surface area contributed by atoms with E-state index < -0.39 is 0 Å². The van der Waals surface area contributed by atoms with Crippen molar-refractivity contribution in [2.75, 3.05) is 0 Å². The Hall–Kier alpha value is -1.63. The van der Waals surface area contributed by atoms with Crippen molar-refractivity contribution in [2.45, 2.75) is 13.8 Å². The van der Waals surface area contributed by atoms with E-state index in [9.17, 15) is 0 Å². The molecule has 0 spiro atoms. The van der Waals surface area contributed by atoms with Crippen molar-refractivity contribution in [3.63, 3.8) is 0 Å². The maximum Gasteiger partial charge on any atom is 0.0402 e. The molecular weight excluding hydrogens is 170 g/mol. The first-order valence-electron chi connectivity index (χ1n) is 4.76. The van der Waals surface area contributed by atoms with Gasteiger partial charge in [-0.2, -0.15) is 0 Å². The summed E-state index contributed by atoms with van der Waals surface area (Å²) in [4.78, 5) is 4.36. The lowest BCUT2D eigenvalue weighted by atomic mass is 10.1. The first-order valence-corrected chi connectivity index (χ1v) is 4.76. The van der Waals surface area contributed by atoms with Gasteiger partial charge in [0.2, 0.25) is 0 Å². The molecule has 0 aliphatic rings. The molecule has 0 radical (unpaired) electrons. The monoisotopic (exact) mass is 183 g/mol. The van der Waals surface area contributed by atoms with Crippen LogP contribution in [-0.2, 0) is 0 Å². The molecule has 0 saturated carbocycles. The molecule has 1 aromatic heterocycles. The van der Waals surface area contributed by atoms with Crippen molar-refractivity contribution in [1.82, 2.24) is 4.98 Å². The van der Waals surface area contributed by atoms with Gasteiger partial charge in [0.05, 0.1) is 0 Å². The molecule has 0 atom stereocenters. The summed E-state index contributed by atoms with van der Waals surface area (Å²) in [6.45, 7) is 4.12. The number of hydrogen-bond acceptors (Lipinski definition) is 1. The van der Waals surface area contributed by atoms with E-state index in [0.717, 1.165) is 5.69 Å². The fraction of sp³-hybridized carbons (Fsp3) is 0.154. The van der Waals surface area contributed by atoms with Crippen molar-refractivity contribution in [1.29, 1.82) is 0 Å². The highest BCUT2D eigenvalue weighted by Crippen LogP contribution is 2.19. The summed E-state index contributed by atoms with van der Waals surface area (Å²) in [6, 6.07) is 12.5. The van der Waals surface area contributed by atoms with Crippen LogP contribution in [0.1, 0.15) is 11.3 Å². The van der Waals surface area contributed by atoms with Crippen LogP contribution in [0.15, 0.2) is 42.6 Å². The Kier molecular flexibility index (Phi) is 2.32. The highest BCUT2D eigenvalue weighted by atomic mass is 14.7. The topological polar surface area (TPSA) is 12.9 Å². The van der Waals surface area contributed by atoms with Crippen molar-refractivity contribution in [3.8, 4) is 11.1 Å². The molecular formula is C13H13N. The second kappa shape index (κ2) is 3.62. The van der Waals surface area contributed by atoms with Gasteiger partial charge in [-0.3, -0.25) is 4.98 Å². The van der Waals surface area contributed by atoms with Crippen molar-refractivity contribution >= 4 is 0 Å². The highest BCUT2D eigenvalue weighted by molar-refractivity contribution is 5.63. The van der Waals surface area contributed by atoms with Gasteiger partial charge in [-0.25, -0.2) is 0 Å². The summed E-state index contributed by atoms with van der Waals surface area (Å²) in [6.07, 6.45) is 1.93. The molecule has 0 N–H and O–H groups in total. The van der Waals surface area contributed by atoms with Crippen LogP contribution >= 0.6 is 0 Å². The van der Waals surface area contributed by atoms with Gasteiger partial charge in [-0.05, 0) is 31.0 Å². The van der Waals surface area contributed by atoms with Crippen molar-refractivity contribution in [3.05, 3.63) is 53.9 Å². The van der Waals surface area contributed by atoms with Crippen LogP contribution in [0, 0.1) is 13.8 Å². The van der Waals surface area contributed by atoms with Crippen LogP contribution in [0.3, 0.4) is 0 Å². The molecule has 2 rings (SSSR count). The summed E-state index contributed by atoms with van der Waals surface area (Å²) in [5.74, 6) is 0. The number of aromatic nitrogens is 1. The third-order valence-corrected chi connectivity index (χ3v) is 2.45. The SMILES string of the molecule is Cc1cc(-c2ccccc2)cnc1C. The average Bonchev–Trinajstić information content (AvgIpc) is 2.23. The molecule has 0 unspecified atom stereocenters. The van der Waals surface area contributed by atoms with E-state index in [2.05, 4.69) is 30.1 Å². The molecule has 0 fully saturated rings. The van der Waals surface area contributed by atoms with E-state index in [1.807, 2.05) is 31.3 Å². The largest absolute Gasteiger partial charge is 0.261 e. The molecule has 14 heavy (non-hydrogen) atoms. The quantitative estimate of drug-likeness (QED) is 0.660. The summed E-state index contributed by atoms with van der Waals surface area (Å²) in [5.41, 5.74) is 4.76. The van der Waals surface area contributed by atoms with Gasteiger partial charge in [0.25, 0.3) is 0 Å². The Bertz CT molecular complexity index is 432. The summed E-state index contributed by atoms with van der Waals surface area (Å²) < 4.78 is 0. The third-order valence-electron chi connectivity index (χ3n) is 2.45. The maximum absolute atomic E-state index is 4.36. The molecule has 1 aromatic carbocycles. The van der Waals surface area contributed by atoms with Crippen LogP contribution in [0.4, 0.5) is 0 Å². The van der Waals surface area contributed by atoms with Crippen LogP contribution in [-0.4, -0.2) is 4.98 Å². The Labute approximate surface area is 84.4 Å². The first kappa shape index (κ1) is 8.95. The number of pyridine rings is 1. The molecule has 0 bridgehead atoms. The van der Waals surface area contributed by atoms with E-state index >= 15 is 0 Å². The second-order valence-corrected chi connectivity index (χ2v) is 3.49. The maximum atomic E-state index is 4.36. The van der Waals surface area contributed by atoms with Gasteiger partial charge in [0.15, 0.2) is 0 Å². The lowest BCUT2D eigenvalue weighted by molar-refractivity contribution is 1.15. The van der Waals surface area contributed by atoms with Crippen LogP contribution in [0.5, 0.6) is 0 Å². The number of hydrogen-bond donors (Lipinski definition) is 0. The van der Waals surface area contributed by atoms with E-state index in [-0.39, 0.29) is 0 Å².